The molecular formula is C48H52N2O5. The van der Waals surface area contributed by atoms with Gasteiger partial charge in [0, 0.05) is 28.8 Å². The molecule has 2 bridgehead atoms. The summed E-state index contributed by atoms with van der Waals surface area (Å²) in [6.45, 7) is 4.68. The second-order valence-electron chi connectivity index (χ2n) is 15.8. The molecule has 8 rings (SSSR count). The molecule has 284 valence electrons. The predicted octanol–water partition coefficient (Wildman–Crippen LogP) is 9.85. The number of urea groups is 1. The Morgan fingerprint density at radius 1 is 0.891 bits per heavy atom. The van der Waals surface area contributed by atoms with Crippen molar-refractivity contribution < 1.29 is 24.5 Å². The maximum Gasteiger partial charge on any atom is 0.322 e. The number of carbonyl (C=O) groups is 2. The van der Waals surface area contributed by atoms with Crippen molar-refractivity contribution in [2.75, 3.05) is 19.0 Å². The molecule has 0 radical (unpaired) electrons. The van der Waals surface area contributed by atoms with Crippen molar-refractivity contribution >= 4 is 28.3 Å². The lowest BCUT2D eigenvalue weighted by Crippen LogP contribution is -2.54. The van der Waals surface area contributed by atoms with E-state index >= 15 is 0 Å². The van der Waals surface area contributed by atoms with Gasteiger partial charge in [0.05, 0.1) is 25.4 Å². The number of methoxy groups -OCH3 is 1. The summed E-state index contributed by atoms with van der Waals surface area (Å²) >= 11 is 0. The monoisotopic (exact) mass is 736 g/mol. The van der Waals surface area contributed by atoms with E-state index in [1.54, 1.807) is 36.3 Å². The third kappa shape index (κ3) is 8.10. The lowest BCUT2D eigenvalue weighted by atomic mass is 9.64. The fourth-order valence-electron chi connectivity index (χ4n) is 8.97. The highest BCUT2D eigenvalue weighted by Gasteiger charge is 2.57. The van der Waals surface area contributed by atoms with Crippen LogP contribution in [0.4, 0.5) is 10.5 Å². The minimum atomic E-state index is -1.29. The van der Waals surface area contributed by atoms with Crippen molar-refractivity contribution in [3.05, 3.63) is 155 Å². The number of ether oxygens (including phenoxy) is 1. The zero-order valence-corrected chi connectivity index (χ0v) is 32.1. The van der Waals surface area contributed by atoms with Gasteiger partial charge in [-0.3, -0.25) is 4.79 Å². The molecule has 7 nitrogen and oxygen atoms in total. The Balaban J connectivity index is 1.31. The van der Waals surface area contributed by atoms with Crippen molar-refractivity contribution in [2.24, 2.45) is 5.41 Å². The molecule has 4 atom stereocenters. The summed E-state index contributed by atoms with van der Waals surface area (Å²) in [6.07, 6.45) is 6.00. The van der Waals surface area contributed by atoms with E-state index in [-0.39, 0.29) is 24.3 Å². The first kappa shape index (κ1) is 38.1. The molecule has 2 amide bonds. The van der Waals surface area contributed by atoms with E-state index in [2.05, 4.69) is 55.6 Å². The van der Waals surface area contributed by atoms with Crippen molar-refractivity contribution in [1.82, 2.24) is 4.90 Å². The van der Waals surface area contributed by atoms with E-state index in [4.69, 9.17) is 4.74 Å². The van der Waals surface area contributed by atoms with Gasteiger partial charge < -0.3 is 25.2 Å². The highest BCUT2D eigenvalue weighted by atomic mass is 16.5. The van der Waals surface area contributed by atoms with Gasteiger partial charge in [-0.15, -0.1) is 0 Å². The number of benzene rings is 5. The first-order chi connectivity index (χ1) is 26.6. The maximum atomic E-state index is 14.5. The predicted molar refractivity (Wildman–Crippen MR) is 220 cm³/mol. The SMILES string of the molecule is COc1ccc(C(=O)c2cc3ccc2C2CCC(O)(CN(Cc4cccc5ccccc45)C(=O)Nc4ccccc4)C2(C)CCC=C(C)CCC(O)C3)cc1. The molecular weight excluding hydrogens is 685 g/mol. The zero-order valence-electron chi connectivity index (χ0n) is 32.1. The third-order valence-corrected chi connectivity index (χ3v) is 12.3. The summed E-state index contributed by atoms with van der Waals surface area (Å²) in [5.41, 5.74) is 3.83. The van der Waals surface area contributed by atoms with Crippen LogP contribution in [-0.2, 0) is 13.0 Å². The lowest BCUT2D eigenvalue weighted by molar-refractivity contribution is -0.0773. The molecule has 1 fully saturated rings. The van der Waals surface area contributed by atoms with Gasteiger partial charge in [0.2, 0.25) is 0 Å². The summed E-state index contributed by atoms with van der Waals surface area (Å²) in [5, 5.41) is 29.5. The first-order valence-electron chi connectivity index (χ1n) is 19.5. The topological polar surface area (TPSA) is 99.1 Å². The Labute approximate surface area is 324 Å². The molecule has 3 aliphatic rings. The molecule has 5 aromatic rings. The van der Waals surface area contributed by atoms with Crippen molar-refractivity contribution in [3.63, 3.8) is 0 Å². The van der Waals surface area contributed by atoms with E-state index in [9.17, 15) is 19.8 Å². The minimum Gasteiger partial charge on any atom is -0.497 e. The van der Waals surface area contributed by atoms with Crippen molar-refractivity contribution in [2.45, 2.75) is 83.0 Å². The number of fused-ring (bicyclic) bond motifs is 9. The fraction of sp³-hybridized carbons (Fsp3) is 0.333. The number of aliphatic hydroxyl groups excluding tert-OH is 1. The average molecular weight is 737 g/mol. The molecule has 7 heteroatoms. The Hall–Kier alpha value is -5.24. The van der Waals surface area contributed by atoms with Gasteiger partial charge in [-0.05, 0) is 128 Å². The van der Waals surface area contributed by atoms with Crippen LogP contribution in [-0.4, -0.2) is 52.3 Å². The minimum absolute atomic E-state index is 0.102. The number of ketones is 1. The summed E-state index contributed by atoms with van der Waals surface area (Å²) in [4.78, 5) is 30.6. The fourth-order valence-corrected chi connectivity index (χ4v) is 8.97. The van der Waals surface area contributed by atoms with Crippen LogP contribution < -0.4 is 10.1 Å². The number of carbonyl (C=O) groups excluding carboxylic acids is 2. The molecule has 0 saturated heterocycles. The molecule has 3 aliphatic carbocycles. The van der Waals surface area contributed by atoms with Gasteiger partial charge in [0.25, 0.3) is 0 Å². The van der Waals surface area contributed by atoms with E-state index in [0.29, 0.717) is 61.2 Å². The van der Waals surface area contributed by atoms with Crippen LogP contribution in [0.3, 0.4) is 0 Å². The van der Waals surface area contributed by atoms with Crippen LogP contribution >= 0.6 is 0 Å². The van der Waals surface area contributed by atoms with E-state index in [1.807, 2.05) is 60.7 Å². The van der Waals surface area contributed by atoms with Gasteiger partial charge in [0.1, 0.15) is 5.75 Å². The largest absolute Gasteiger partial charge is 0.497 e. The van der Waals surface area contributed by atoms with Crippen molar-refractivity contribution in [1.29, 1.82) is 0 Å². The standard InChI is InChI=1S/C48H52N2O5/c1-33-11-10-27-47(2)44(42-25-19-34(29-39(51)22-18-33)30-43(42)45(52)36-20-23-40(55-3)24-21-36)26-28-48(47,54)32-50(46(53)49-38-15-5-4-6-16-38)31-37-14-9-13-35-12-7-8-17-41(35)37/h4-9,11-17,19-21,23-25,30,39,44,51,54H,10,18,22,26-29,31-32H2,1-3H3,(H,49,53). The summed E-state index contributed by atoms with van der Waals surface area (Å²) in [6, 6.07) is 36.7. The number of nitrogens with zero attached hydrogens (tertiary/aromatic N) is 1. The lowest BCUT2D eigenvalue weighted by Gasteiger charge is -2.46. The molecule has 0 aliphatic heterocycles. The van der Waals surface area contributed by atoms with Gasteiger partial charge in [-0.25, -0.2) is 4.79 Å². The third-order valence-electron chi connectivity index (χ3n) is 12.3. The second-order valence-corrected chi connectivity index (χ2v) is 15.8. The second kappa shape index (κ2) is 16.2. The van der Waals surface area contributed by atoms with Gasteiger partial charge in [-0.1, -0.05) is 91.4 Å². The first-order valence-corrected chi connectivity index (χ1v) is 19.5. The molecule has 55 heavy (non-hydrogen) atoms. The number of nitrogens with one attached hydrogen (secondary N) is 1. The normalized spacial score (nSPS) is 22.7. The Morgan fingerprint density at radius 2 is 1.64 bits per heavy atom. The van der Waals surface area contributed by atoms with E-state index in [0.717, 1.165) is 40.3 Å². The molecule has 3 N–H and O–H groups in total. The summed E-state index contributed by atoms with van der Waals surface area (Å²) in [7, 11) is 1.60. The highest BCUT2D eigenvalue weighted by molar-refractivity contribution is 6.10. The highest BCUT2D eigenvalue weighted by Crippen LogP contribution is 2.59. The number of amides is 2. The number of anilines is 1. The number of rotatable bonds is 8. The maximum absolute atomic E-state index is 14.5. The molecule has 0 heterocycles. The smallest absolute Gasteiger partial charge is 0.322 e. The zero-order chi connectivity index (χ0) is 38.6. The van der Waals surface area contributed by atoms with Crippen LogP contribution in [0, 0.1) is 5.41 Å². The number of hydrogen-bond acceptors (Lipinski definition) is 5. The van der Waals surface area contributed by atoms with Crippen molar-refractivity contribution in [3.8, 4) is 5.75 Å². The molecule has 1 saturated carbocycles. The molecule has 0 aromatic heterocycles. The Morgan fingerprint density at radius 3 is 2.42 bits per heavy atom. The summed E-state index contributed by atoms with van der Waals surface area (Å²) < 4.78 is 5.37. The van der Waals surface area contributed by atoms with Gasteiger partial charge in [-0.2, -0.15) is 0 Å². The number of para-hydroxylation sites is 1. The average Bonchev–Trinajstić information content (AvgIpc) is 3.45. The number of allylic oxidation sites excluding steroid dienone is 2. The number of aliphatic hydroxyl groups is 2. The van der Waals surface area contributed by atoms with Crippen LogP contribution in [0.25, 0.3) is 10.8 Å². The van der Waals surface area contributed by atoms with Gasteiger partial charge >= 0.3 is 6.03 Å². The number of hydrogen-bond donors (Lipinski definition) is 3. The summed E-state index contributed by atoms with van der Waals surface area (Å²) in [5.74, 6) is 0.389. The Kier molecular flexibility index (Phi) is 11.2. The van der Waals surface area contributed by atoms with E-state index in [1.165, 1.54) is 5.57 Å². The Bertz CT molecular complexity index is 2180. The van der Waals surface area contributed by atoms with Crippen LogP contribution in [0.2, 0.25) is 0 Å². The molecule has 5 aromatic carbocycles. The van der Waals surface area contributed by atoms with E-state index < -0.39 is 17.1 Å². The van der Waals surface area contributed by atoms with Gasteiger partial charge in [0.15, 0.2) is 5.78 Å². The molecule has 0 spiro atoms. The quantitative estimate of drug-likeness (QED) is 0.109. The van der Waals surface area contributed by atoms with Crippen LogP contribution in [0.1, 0.15) is 90.9 Å². The molecule has 4 unspecified atom stereocenters. The van der Waals surface area contributed by atoms with Crippen LogP contribution in [0.15, 0.2) is 127 Å². The van der Waals surface area contributed by atoms with Crippen LogP contribution in [0.5, 0.6) is 5.75 Å².